The summed E-state index contributed by atoms with van der Waals surface area (Å²) in [4.78, 5) is 8.13. The highest BCUT2D eigenvalue weighted by Gasteiger charge is 2.17. The van der Waals surface area contributed by atoms with Gasteiger partial charge in [-0.15, -0.1) is 0 Å². The van der Waals surface area contributed by atoms with Crippen LogP contribution in [0.15, 0.2) is 12.1 Å². The van der Waals surface area contributed by atoms with E-state index in [0.29, 0.717) is 6.04 Å². The van der Waals surface area contributed by atoms with Crippen molar-refractivity contribution >= 4 is 11.0 Å². The third-order valence-electron chi connectivity index (χ3n) is 3.62. The Labute approximate surface area is 102 Å². The van der Waals surface area contributed by atoms with Crippen molar-refractivity contribution in [2.45, 2.75) is 39.2 Å². The molecule has 1 aliphatic rings. The number of pyridine rings is 1. The molecule has 90 valence electrons. The van der Waals surface area contributed by atoms with Gasteiger partial charge in [0.1, 0.15) is 0 Å². The lowest BCUT2D eigenvalue weighted by molar-refractivity contribution is 0.407. The van der Waals surface area contributed by atoms with Crippen molar-refractivity contribution in [1.29, 1.82) is 0 Å². The predicted molar refractivity (Wildman–Crippen MR) is 70.2 cm³/mol. The summed E-state index contributed by atoms with van der Waals surface area (Å²) in [5, 5.41) is 3.57. The number of nitrogens with one attached hydrogen (secondary N) is 2. The monoisotopic (exact) mass is 229 g/mol. The first-order valence-electron chi connectivity index (χ1n) is 6.44. The maximum Gasteiger partial charge on any atom is 0.0888 e. The van der Waals surface area contributed by atoms with Crippen LogP contribution in [0.5, 0.6) is 0 Å². The van der Waals surface area contributed by atoms with Crippen LogP contribution in [0.1, 0.15) is 42.3 Å². The molecule has 3 rings (SSSR count). The van der Waals surface area contributed by atoms with Crippen molar-refractivity contribution < 1.29 is 0 Å². The molecule has 0 amide bonds. The van der Waals surface area contributed by atoms with Gasteiger partial charge >= 0.3 is 0 Å². The van der Waals surface area contributed by atoms with E-state index in [1.54, 1.807) is 0 Å². The summed E-state index contributed by atoms with van der Waals surface area (Å²) in [7, 11) is 0. The van der Waals surface area contributed by atoms with Gasteiger partial charge in [0.25, 0.3) is 0 Å². The molecule has 2 N–H and O–H groups in total. The van der Waals surface area contributed by atoms with Crippen molar-refractivity contribution in [2.75, 3.05) is 6.54 Å². The van der Waals surface area contributed by atoms with Gasteiger partial charge in [-0.3, -0.25) is 4.98 Å². The molecule has 17 heavy (non-hydrogen) atoms. The first kappa shape index (κ1) is 10.8. The van der Waals surface area contributed by atoms with Crippen molar-refractivity contribution in [1.82, 2.24) is 15.3 Å². The van der Waals surface area contributed by atoms with Gasteiger partial charge < -0.3 is 10.3 Å². The van der Waals surface area contributed by atoms with E-state index < -0.39 is 0 Å². The molecule has 3 heteroatoms. The van der Waals surface area contributed by atoms with Gasteiger partial charge in [0.2, 0.25) is 0 Å². The second kappa shape index (κ2) is 4.15. The van der Waals surface area contributed by atoms with E-state index in [2.05, 4.69) is 41.3 Å². The van der Waals surface area contributed by atoms with E-state index >= 15 is 0 Å². The summed E-state index contributed by atoms with van der Waals surface area (Å²) < 4.78 is 0. The van der Waals surface area contributed by atoms with E-state index in [9.17, 15) is 0 Å². The van der Waals surface area contributed by atoms with E-state index in [1.165, 1.54) is 36.0 Å². The Kier molecular flexibility index (Phi) is 2.63. The fourth-order valence-electron chi connectivity index (χ4n) is 2.77. The highest BCUT2D eigenvalue weighted by Crippen LogP contribution is 2.26. The summed E-state index contributed by atoms with van der Waals surface area (Å²) in [5.41, 5.74) is 5.97. The SMILES string of the molecule is Cc1cc(C)c2[nH]c([C@@H]3CCCCN3)cc2n1. The molecule has 0 saturated carbocycles. The Hall–Kier alpha value is -1.35. The van der Waals surface area contributed by atoms with E-state index in [1.807, 2.05) is 0 Å². The molecule has 0 unspecified atom stereocenters. The largest absolute Gasteiger partial charge is 0.356 e. The fraction of sp³-hybridized carbons (Fsp3) is 0.500. The van der Waals surface area contributed by atoms with Crippen LogP contribution in [0.3, 0.4) is 0 Å². The number of aromatic amines is 1. The Morgan fingerprint density at radius 1 is 1.24 bits per heavy atom. The second-order valence-electron chi connectivity index (χ2n) is 5.07. The lowest BCUT2D eigenvalue weighted by Crippen LogP contribution is -2.26. The number of aryl methyl sites for hydroxylation is 2. The van der Waals surface area contributed by atoms with Crippen LogP contribution in [0.25, 0.3) is 11.0 Å². The van der Waals surface area contributed by atoms with E-state index in [4.69, 9.17) is 0 Å². The lowest BCUT2D eigenvalue weighted by atomic mass is 10.0. The van der Waals surface area contributed by atoms with Crippen molar-refractivity contribution in [3.05, 3.63) is 29.1 Å². The molecule has 2 aromatic rings. The molecule has 0 aromatic carbocycles. The van der Waals surface area contributed by atoms with Gasteiger partial charge in [0.05, 0.1) is 11.0 Å². The molecule has 3 nitrogen and oxygen atoms in total. The quantitative estimate of drug-likeness (QED) is 0.789. The van der Waals surface area contributed by atoms with Crippen molar-refractivity contribution in [3.8, 4) is 0 Å². The maximum atomic E-state index is 4.59. The molecule has 3 heterocycles. The number of fused-ring (bicyclic) bond motifs is 1. The third kappa shape index (κ3) is 1.95. The summed E-state index contributed by atoms with van der Waals surface area (Å²) in [6.45, 7) is 5.33. The minimum atomic E-state index is 0.484. The summed E-state index contributed by atoms with van der Waals surface area (Å²) in [6.07, 6.45) is 3.84. The van der Waals surface area contributed by atoms with Crippen LogP contribution in [0, 0.1) is 13.8 Å². The average molecular weight is 229 g/mol. The maximum absolute atomic E-state index is 4.59. The zero-order valence-corrected chi connectivity index (χ0v) is 10.5. The minimum Gasteiger partial charge on any atom is -0.356 e. The standard InChI is InChI=1S/C14H19N3/c1-9-7-10(2)16-13-8-12(17-14(9)13)11-5-3-4-6-15-11/h7-8,11,15,17H,3-6H2,1-2H3/t11-/m0/s1. The predicted octanol–water partition coefficient (Wildman–Crippen LogP) is 2.99. The van der Waals surface area contributed by atoms with Crippen molar-refractivity contribution in [2.24, 2.45) is 0 Å². The first-order valence-corrected chi connectivity index (χ1v) is 6.44. The lowest BCUT2D eigenvalue weighted by Gasteiger charge is -2.22. The average Bonchev–Trinajstić information content (AvgIpc) is 2.74. The highest BCUT2D eigenvalue weighted by atomic mass is 15.0. The normalized spacial score (nSPS) is 20.9. The number of H-pyrrole nitrogens is 1. The molecular formula is C14H19N3. The summed E-state index contributed by atoms with van der Waals surface area (Å²) in [6, 6.07) is 4.83. The number of piperidine rings is 1. The Balaban J connectivity index is 2.03. The summed E-state index contributed by atoms with van der Waals surface area (Å²) >= 11 is 0. The molecule has 1 aliphatic heterocycles. The zero-order valence-electron chi connectivity index (χ0n) is 10.5. The fourth-order valence-corrected chi connectivity index (χ4v) is 2.77. The van der Waals surface area contributed by atoms with Gasteiger partial charge in [-0.2, -0.15) is 0 Å². The van der Waals surface area contributed by atoms with Gasteiger partial charge in [0, 0.05) is 17.4 Å². The molecule has 1 fully saturated rings. The van der Waals surface area contributed by atoms with Crippen LogP contribution in [0.2, 0.25) is 0 Å². The highest BCUT2D eigenvalue weighted by molar-refractivity contribution is 5.79. The molecule has 0 aliphatic carbocycles. The van der Waals surface area contributed by atoms with Gasteiger partial charge in [0.15, 0.2) is 0 Å². The van der Waals surface area contributed by atoms with Crippen LogP contribution >= 0.6 is 0 Å². The first-order chi connectivity index (χ1) is 8.24. The number of hydrogen-bond donors (Lipinski definition) is 2. The zero-order chi connectivity index (χ0) is 11.8. The van der Waals surface area contributed by atoms with Gasteiger partial charge in [-0.1, -0.05) is 6.42 Å². The van der Waals surface area contributed by atoms with Crippen LogP contribution in [-0.4, -0.2) is 16.5 Å². The molecular weight excluding hydrogens is 210 g/mol. The number of aromatic nitrogens is 2. The molecule has 0 bridgehead atoms. The van der Waals surface area contributed by atoms with Crippen LogP contribution in [-0.2, 0) is 0 Å². The van der Waals surface area contributed by atoms with Gasteiger partial charge in [-0.25, -0.2) is 0 Å². The molecule has 0 spiro atoms. The number of hydrogen-bond acceptors (Lipinski definition) is 2. The molecule has 0 radical (unpaired) electrons. The van der Waals surface area contributed by atoms with E-state index in [-0.39, 0.29) is 0 Å². The van der Waals surface area contributed by atoms with E-state index in [0.717, 1.165) is 17.8 Å². The summed E-state index contributed by atoms with van der Waals surface area (Å²) in [5.74, 6) is 0. The smallest absolute Gasteiger partial charge is 0.0888 e. The third-order valence-corrected chi connectivity index (χ3v) is 3.62. The molecule has 2 aromatic heterocycles. The number of rotatable bonds is 1. The molecule has 1 saturated heterocycles. The van der Waals surface area contributed by atoms with Gasteiger partial charge in [-0.05, 0) is 50.9 Å². The number of nitrogens with zero attached hydrogens (tertiary/aromatic N) is 1. The Bertz CT molecular complexity index is 536. The topological polar surface area (TPSA) is 40.7 Å². The minimum absolute atomic E-state index is 0.484. The van der Waals surface area contributed by atoms with Crippen LogP contribution in [0.4, 0.5) is 0 Å². The van der Waals surface area contributed by atoms with Crippen molar-refractivity contribution in [3.63, 3.8) is 0 Å². The Morgan fingerprint density at radius 2 is 2.12 bits per heavy atom. The van der Waals surface area contributed by atoms with Crippen LogP contribution < -0.4 is 5.32 Å². The Morgan fingerprint density at radius 3 is 2.88 bits per heavy atom. The molecule has 1 atom stereocenters. The second-order valence-corrected chi connectivity index (χ2v) is 5.07.